The zero-order valence-corrected chi connectivity index (χ0v) is 22.2. The van der Waals surface area contributed by atoms with Crippen molar-refractivity contribution >= 4 is 23.1 Å². The molecule has 1 unspecified atom stereocenters. The predicted molar refractivity (Wildman–Crippen MR) is 147 cm³/mol. The van der Waals surface area contributed by atoms with Gasteiger partial charge in [-0.25, -0.2) is 9.78 Å². The highest BCUT2D eigenvalue weighted by Crippen LogP contribution is 2.42. The molecule has 9 heteroatoms. The molecule has 0 bridgehead atoms. The monoisotopic (exact) mass is 550 g/mol. The maximum absolute atomic E-state index is 11.5. The van der Waals surface area contributed by atoms with Crippen LogP contribution in [0, 0.1) is 0 Å². The Morgan fingerprint density at radius 3 is 2.64 bits per heavy atom. The molecule has 8 nitrogen and oxygen atoms in total. The van der Waals surface area contributed by atoms with Crippen molar-refractivity contribution in [2.75, 3.05) is 26.2 Å². The number of hydrogen-bond donors (Lipinski definition) is 3. The summed E-state index contributed by atoms with van der Waals surface area (Å²) in [5.41, 5.74) is 2.63. The first-order valence-corrected chi connectivity index (χ1v) is 13.4. The number of hydrogen-bond acceptors (Lipinski definition) is 7. The molecular weight excluding hydrogens is 520 g/mol. The van der Waals surface area contributed by atoms with Gasteiger partial charge < -0.3 is 29.7 Å². The Bertz CT molecular complexity index is 1350. The van der Waals surface area contributed by atoms with E-state index in [0.717, 1.165) is 42.8 Å². The molecule has 5 rings (SSSR count). The normalized spacial score (nSPS) is 18.4. The number of allylic oxidation sites excluding steroid dienone is 1. The summed E-state index contributed by atoms with van der Waals surface area (Å²) in [6.45, 7) is 1.74. The first-order valence-electron chi connectivity index (χ1n) is 13.0. The molecule has 2 aliphatic rings. The molecule has 3 N–H and O–H groups in total. The van der Waals surface area contributed by atoms with E-state index in [-0.39, 0.29) is 0 Å². The molecule has 2 aliphatic heterocycles. The van der Waals surface area contributed by atoms with Crippen LogP contribution < -0.4 is 9.47 Å². The van der Waals surface area contributed by atoms with Crippen LogP contribution >= 0.6 is 11.6 Å². The number of fused-ring (bicyclic) bond motifs is 2. The van der Waals surface area contributed by atoms with Crippen LogP contribution in [-0.4, -0.2) is 63.5 Å². The van der Waals surface area contributed by atoms with Crippen LogP contribution in [0.25, 0.3) is 5.57 Å². The third kappa shape index (κ3) is 6.09. The first-order chi connectivity index (χ1) is 18.9. The van der Waals surface area contributed by atoms with Gasteiger partial charge in [-0.3, -0.25) is 0 Å². The number of likely N-dealkylation sites (tertiary alicyclic amines) is 1. The summed E-state index contributed by atoms with van der Waals surface area (Å²) in [4.78, 5) is 18.3. The number of carboxylic acids is 1. The number of aliphatic hydroxyl groups excluding tert-OH is 1. The number of aliphatic carboxylic acids is 1. The Labute approximate surface area is 232 Å². The Morgan fingerprint density at radius 1 is 1.15 bits per heavy atom. The quantitative estimate of drug-likeness (QED) is 0.371. The molecule has 0 aliphatic carbocycles. The number of pyridine rings is 1. The molecule has 1 aromatic heterocycles. The zero-order chi connectivity index (χ0) is 27.4. The van der Waals surface area contributed by atoms with Crippen LogP contribution in [0.2, 0.25) is 5.02 Å². The van der Waals surface area contributed by atoms with Gasteiger partial charge in [0.2, 0.25) is 12.0 Å². The van der Waals surface area contributed by atoms with Crippen LogP contribution in [0.1, 0.15) is 36.0 Å². The average molecular weight is 551 g/mol. The molecular formula is C30H31ClN2O6. The predicted octanol–water partition coefficient (Wildman–Crippen LogP) is 4.66. The number of carboxylic acid groups (broad SMARTS) is 1. The standard InChI is InChI=1S/C30H31ClN2O6/c31-22-10-8-21(9-11-22)30(37)12-16-33(17-13-30)15-3-4-20-18-24-25(38-27(19-34)29(35)36)6-1-7-26(24)39-28-23(20)5-2-14-32-28/h1-2,4-11,14,27,34,37H,3,12-13,15-19H2,(H,35,36). The number of halogens is 1. The number of aromatic nitrogens is 1. The molecule has 1 saturated heterocycles. The summed E-state index contributed by atoms with van der Waals surface area (Å²) in [6, 6.07) is 16.5. The number of carbonyl (C=O) groups is 1. The lowest BCUT2D eigenvalue weighted by atomic mass is 9.84. The van der Waals surface area contributed by atoms with Crippen molar-refractivity contribution in [2.45, 2.75) is 37.4 Å². The maximum atomic E-state index is 11.5. The topological polar surface area (TPSA) is 112 Å². The molecule has 3 aromatic rings. The van der Waals surface area contributed by atoms with Crippen LogP contribution in [0.5, 0.6) is 17.4 Å². The molecule has 3 heterocycles. The van der Waals surface area contributed by atoms with Crippen LogP contribution in [0.15, 0.2) is 66.9 Å². The summed E-state index contributed by atoms with van der Waals surface area (Å²) >= 11 is 6.01. The van der Waals surface area contributed by atoms with Crippen LogP contribution in [-0.2, 0) is 16.8 Å². The number of aliphatic hydroxyl groups is 2. The highest BCUT2D eigenvalue weighted by Gasteiger charge is 2.33. The molecule has 0 radical (unpaired) electrons. The Hall–Kier alpha value is -3.43. The fourth-order valence-electron chi connectivity index (χ4n) is 5.15. The highest BCUT2D eigenvalue weighted by atomic mass is 35.5. The number of piperidine rings is 1. The minimum atomic E-state index is -1.38. The average Bonchev–Trinajstić information content (AvgIpc) is 3.10. The van der Waals surface area contributed by atoms with E-state index in [2.05, 4.69) is 16.0 Å². The second-order valence-electron chi connectivity index (χ2n) is 9.89. The van der Waals surface area contributed by atoms with Crippen molar-refractivity contribution in [3.05, 3.63) is 88.6 Å². The van der Waals surface area contributed by atoms with Gasteiger partial charge in [0.05, 0.1) is 12.2 Å². The van der Waals surface area contributed by atoms with Crippen LogP contribution in [0.4, 0.5) is 0 Å². The summed E-state index contributed by atoms with van der Waals surface area (Å²) in [5.74, 6) is 0.123. The number of nitrogens with zero attached hydrogens (tertiary/aromatic N) is 2. The maximum Gasteiger partial charge on any atom is 0.347 e. The van der Waals surface area contributed by atoms with Gasteiger partial charge >= 0.3 is 5.97 Å². The third-order valence-corrected chi connectivity index (χ3v) is 7.64. The minimum absolute atomic E-state index is 0.352. The molecule has 1 atom stereocenters. The van der Waals surface area contributed by atoms with Gasteiger partial charge in [0, 0.05) is 48.4 Å². The van der Waals surface area contributed by atoms with E-state index in [9.17, 15) is 20.1 Å². The minimum Gasteiger partial charge on any atom is -0.478 e. The molecule has 0 spiro atoms. The van der Waals surface area contributed by atoms with Gasteiger partial charge in [0.1, 0.15) is 11.5 Å². The van der Waals surface area contributed by atoms with Crippen molar-refractivity contribution in [1.82, 2.24) is 9.88 Å². The van der Waals surface area contributed by atoms with E-state index in [1.54, 1.807) is 24.4 Å². The van der Waals surface area contributed by atoms with Crippen molar-refractivity contribution in [1.29, 1.82) is 0 Å². The van der Waals surface area contributed by atoms with E-state index in [1.165, 1.54) is 0 Å². The van der Waals surface area contributed by atoms with Gasteiger partial charge in [-0.05, 0) is 66.8 Å². The second kappa shape index (κ2) is 11.8. The molecule has 0 saturated carbocycles. The zero-order valence-electron chi connectivity index (χ0n) is 21.4. The molecule has 204 valence electrons. The van der Waals surface area contributed by atoms with Gasteiger partial charge in [-0.15, -0.1) is 0 Å². The van der Waals surface area contributed by atoms with Gasteiger partial charge in [-0.1, -0.05) is 35.9 Å². The summed E-state index contributed by atoms with van der Waals surface area (Å²) in [7, 11) is 0. The van der Waals surface area contributed by atoms with Crippen molar-refractivity contribution in [2.24, 2.45) is 0 Å². The molecule has 2 aromatic carbocycles. The highest BCUT2D eigenvalue weighted by molar-refractivity contribution is 6.30. The lowest BCUT2D eigenvalue weighted by Gasteiger charge is -2.38. The fraction of sp³-hybridized carbons (Fsp3) is 0.333. The molecule has 0 amide bonds. The van der Waals surface area contributed by atoms with E-state index in [0.29, 0.717) is 47.2 Å². The van der Waals surface area contributed by atoms with Crippen LogP contribution in [0.3, 0.4) is 0 Å². The van der Waals surface area contributed by atoms with Gasteiger partial charge in [0.25, 0.3) is 0 Å². The van der Waals surface area contributed by atoms with Gasteiger partial charge in [-0.2, -0.15) is 0 Å². The summed E-state index contributed by atoms with van der Waals surface area (Å²) < 4.78 is 11.8. The summed E-state index contributed by atoms with van der Waals surface area (Å²) in [5, 5.41) is 30.7. The number of benzene rings is 2. The van der Waals surface area contributed by atoms with E-state index in [4.69, 9.17) is 21.1 Å². The first kappa shape index (κ1) is 27.1. The lowest BCUT2D eigenvalue weighted by Crippen LogP contribution is -2.42. The number of ether oxygens (including phenoxy) is 2. The SMILES string of the molecule is O=C(O)C(CO)Oc1cccc2c1CC(=CCCN1CCC(O)(c3ccc(Cl)cc3)CC1)c1cccnc1O2. The third-order valence-electron chi connectivity index (χ3n) is 7.39. The number of rotatable bonds is 8. The van der Waals surface area contributed by atoms with Gasteiger partial charge in [0.15, 0.2) is 0 Å². The molecule has 1 fully saturated rings. The van der Waals surface area contributed by atoms with Crippen molar-refractivity contribution in [3.8, 4) is 17.4 Å². The Kier molecular flexibility index (Phi) is 8.18. The smallest absolute Gasteiger partial charge is 0.347 e. The Balaban J connectivity index is 1.31. The Morgan fingerprint density at radius 2 is 1.92 bits per heavy atom. The van der Waals surface area contributed by atoms with Crippen molar-refractivity contribution in [3.63, 3.8) is 0 Å². The lowest BCUT2D eigenvalue weighted by molar-refractivity contribution is -0.146. The van der Waals surface area contributed by atoms with E-state index in [1.807, 2.05) is 36.4 Å². The van der Waals surface area contributed by atoms with E-state index < -0.39 is 24.3 Å². The second-order valence-corrected chi connectivity index (χ2v) is 10.3. The van der Waals surface area contributed by atoms with Crippen molar-refractivity contribution < 1.29 is 29.6 Å². The largest absolute Gasteiger partial charge is 0.478 e. The summed E-state index contributed by atoms with van der Waals surface area (Å²) in [6.07, 6.45) is 4.98. The molecule has 39 heavy (non-hydrogen) atoms. The fourth-order valence-corrected chi connectivity index (χ4v) is 5.28. The van der Waals surface area contributed by atoms with E-state index >= 15 is 0 Å².